The summed E-state index contributed by atoms with van der Waals surface area (Å²) in [6.07, 6.45) is 1.94. The second-order valence-electron chi connectivity index (χ2n) is 5.08. The van der Waals surface area contributed by atoms with Crippen LogP contribution in [0.2, 0.25) is 0 Å². The lowest BCUT2D eigenvalue weighted by Crippen LogP contribution is -2.28. The van der Waals surface area contributed by atoms with Crippen LogP contribution in [-0.2, 0) is 19.4 Å². The molecule has 0 saturated carbocycles. The van der Waals surface area contributed by atoms with Crippen molar-refractivity contribution in [3.05, 3.63) is 0 Å². The van der Waals surface area contributed by atoms with Gasteiger partial charge in [0.15, 0.2) is 9.84 Å². The van der Waals surface area contributed by atoms with Gasteiger partial charge in [-0.05, 0) is 32.6 Å². The molecule has 1 aliphatic rings. The highest BCUT2D eigenvalue weighted by Gasteiger charge is 2.27. The molecule has 1 amide bonds. The van der Waals surface area contributed by atoms with Crippen molar-refractivity contribution in [1.82, 2.24) is 5.32 Å². The zero-order chi connectivity index (χ0) is 13.6. The van der Waals surface area contributed by atoms with E-state index in [1.54, 1.807) is 0 Å². The van der Waals surface area contributed by atoms with Crippen molar-refractivity contribution >= 4 is 15.7 Å². The van der Waals surface area contributed by atoms with Crippen molar-refractivity contribution in [2.45, 2.75) is 39.2 Å². The number of hydrogen-bond donors (Lipinski definition) is 1. The smallest absolute Gasteiger partial charge is 0.220 e. The highest BCUT2D eigenvalue weighted by atomic mass is 32.2. The molecule has 0 radical (unpaired) electrons. The first-order chi connectivity index (χ1) is 8.39. The van der Waals surface area contributed by atoms with Crippen molar-refractivity contribution in [3.63, 3.8) is 0 Å². The summed E-state index contributed by atoms with van der Waals surface area (Å²) in [6.45, 7) is 4.92. The van der Waals surface area contributed by atoms with E-state index in [1.807, 2.05) is 13.8 Å². The van der Waals surface area contributed by atoms with Crippen LogP contribution in [0.1, 0.15) is 33.1 Å². The summed E-state index contributed by atoms with van der Waals surface area (Å²) in [5, 5.41) is 2.77. The van der Waals surface area contributed by atoms with Crippen molar-refractivity contribution in [3.8, 4) is 0 Å². The van der Waals surface area contributed by atoms with Gasteiger partial charge in [-0.1, -0.05) is 0 Å². The maximum atomic E-state index is 11.5. The molecule has 1 aliphatic heterocycles. The van der Waals surface area contributed by atoms with Crippen LogP contribution in [0.25, 0.3) is 0 Å². The molecule has 1 unspecified atom stereocenters. The number of nitrogens with one attached hydrogen (secondary N) is 1. The lowest BCUT2D eigenvalue weighted by molar-refractivity contribution is -0.121. The van der Waals surface area contributed by atoms with Crippen LogP contribution in [-0.4, -0.2) is 45.1 Å². The van der Waals surface area contributed by atoms with E-state index in [0.29, 0.717) is 32.4 Å². The fourth-order valence-electron chi connectivity index (χ4n) is 2.01. The average Bonchev–Trinajstić information content (AvgIpc) is 2.61. The number of hydrogen-bond acceptors (Lipinski definition) is 4. The Hall–Kier alpha value is -0.620. The Bertz CT molecular complexity index is 364. The maximum Gasteiger partial charge on any atom is 0.220 e. The van der Waals surface area contributed by atoms with E-state index in [2.05, 4.69) is 5.32 Å². The normalized spacial score (nSPS) is 22.3. The van der Waals surface area contributed by atoms with Gasteiger partial charge in [0, 0.05) is 13.0 Å². The van der Waals surface area contributed by atoms with Gasteiger partial charge in [-0.2, -0.15) is 0 Å². The van der Waals surface area contributed by atoms with Crippen molar-refractivity contribution < 1.29 is 17.9 Å². The molecule has 5 nitrogen and oxygen atoms in total. The van der Waals surface area contributed by atoms with Gasteiger partial charge < -0.3 is 10.1 Å². The maximum absolute atomic E-state index is 11.5. The van der Waals surface area contributed by atoms with Gasteiger partial charge in [-0.15, -0.1) is 0 Å². The number of ether oxygens (including phenoxy) is 1. The van der Waals surface area contributed by atoms with E-state index in [4.69, 9.17) is 4.74 Å². The van der Waals surface area contributed by atoms with E-state index in [0.717, 1.165) is 0 Å². The SMILES string of the molecule is CC(C)OCCNC(=O)CCC1CCS(=O)(=O)C1. The summed E-state index contributed by atoms with van der Waals surface area (Å²) in [5.41, 5.74) is 0. The second-order valence-corrected chi connectivity index (χ2v) is 7.31. The summed E-state index contributed by atoms with van der Waals surface area (Å²) in [4.78, 5) is 11.5. The first kappa shape index (κ1) is 15.4. The van der Waals surface area contributed by atoms with Gasteiger partial charge in [0.2, 0.25) is 5.91 Å². The molecular formula is C12H23NO4S. The molecule has 106 valence electrons. The topological polar surface area (TPSA) is 72.5 Å². The number of carbonyl (C=O) groups is 1. The zero-order valence-corrected chi connectivity index (χ0v) is 12.0. The largest absolute Gasteiger partial charge is 0.377 e. The minimum absolute atomic E-state index is 0.0216. The average molecular weight is 277 g/mol. The van der Waals surface area contributed by atoms with Gasteiger partial charge >= 0.3 is 0 Å². The summed E-state index contributed by atoms with van der Waals surface area (Å²) in [7, 11) is -2.83. The molecule has 0 aliphatic carbocycles. The summed E-state index contributed by atoms with van der Waals surface area (Å²) in [5.74, 6) is 0.664. The van der Waals surface area contributed by atoms with Crippen LogP contribution in [0, 0.1) is 5.92 Å². The van der Waals surface area contributed by atoms with E-state index >= 15 is 0 Å². The molecule has 1 heterocycles. The van der Waals surface area contributed by atoms with E-state index in [1.165, 1.54) is 0 Å². The number of sulfone groups is 1. The lowest BCUT2D eigenvalue weighted by atomic mass is 10.0. The van der Waals surface area contributed by atoms with Gasteiger partial charge in [0.05, 0.1) is 24.2 Å². The van der Waals surface area contributed by atoms with Crippen molar-refractivity contribution in [2.75, 3.05) is 24.7 Å². The molecule has 0 bridgehead atoms. The molecule has 1 saturated heterocycles. The van der Waals surface area contributed by atoms with Crippen LogP contribution >= 0.6 is 0 Å². The molecule has 1 rings (SSSR count). The number of rotatable bonds is 7. The van der Waals surface area contributed by atoms with Gasteiger partial charge in [-0.25, -0.2) is 8.42 Å². The lowest BCUT2D eigenvalue weighted by Gasteiger charge is -2.10. The van der Waals surface area contributed by atoms with E-state index < -0.39 is 9.84 Å². The molecule has 0 aromatic rings. The molecule has 1 atom stereocenters. The molecule has 1 fully saturated rings. The van der Waals surface area contributed by atoms with Crippen LogP contribution in [0.4, 0.5) is 0 Å². The second kappa shape index (κ2) is 7.09. The van der Waals surface area contributed by atoms with Crippen LogP contribution in [0.5, 0.6) is 0 Å². The molecule has 0 spiro atoms. The fourth-order valence-corrected chi connectivity index (χ4v) is 3.92. The Labute approximate surface area is 109 Å². The predicted octanol–water partition coefficient (Wildman–Crippen LogP) is 0.742. The molecule has 1 N–H and O–H groups in total. The van der Waals surface area contributed by atoms with Gasteiger partial charge in [0.25, 0.3) is 0 Å². The summed E-state index contributed by atoms with van der Waals surface area (Å²) >= 11 is 0. The first-order valence-electron chi connectivity index (χ1n) is 6.48. The van der Waals surface area contributed by atoms with E-state index in [9.17, 15) is 13.2 Å². The summed E-state index contributed by atoms with van der Waals surface area (Å²) in [6, 6.07) is 0. The molecule has 18 heavy (non-hydrogen) atoms. The quantitative estimate of drug-likeness (QED) is 0.697. The molecule has 0 aromatic carbocycles. The van der Waals surface area contributed by atoms with Gasteiger partial charge in [-0.3, -0.25) is 4.79 Å². The zero-order valence-electron chi connectivity index (χ0n) is 11.1. The van der Waals surface area contributed by atoms with Crippen LogP contribution in [0.15, 0.2) is 0 Å². The fraction of sp³-hybridized carbons (Fsp3) is 0.917. The third-order valence-corrected chi connectivity index (χ3v) is 4.82. The number of amides is 1. The van der Waals surface area contributed by atoms with Crippen LogP contribution in [0.3, 0.4) is 0 Å². The minimum Gasteiger partial charge on any atom is -0.377 e. The van der Waals surface area contributed by atoms with Crippen molar-refractivity contribution in [1.29, 1.82) is 0 Å². The predicted molar refractivity (Wildman–Crippen MR) is 70.1 cm³/mol. The highest BCUT2D eigenvalue weighted by Crippen LogP contribution is 2.22. The third kappa shape index (κ3) is 6.35. The third-order valence-electron chi connectivity index (χ3n) is 2.98. The first-order valence-corrected chi connectivity index (χ1v) is 8.30. The molecular weight excluding hydrogens is 254 g/mol. The Morgan fingerprint density at radius 2 is 2.17 bits per heavy atom. The Morgan fingerprint density at radius 3 is 2.72 bits per heavy atom. The summed E-state index contributed by atoms with van der Waals surface area (Å²) < 4.78 is 27.8. The molecule has 6 heteroatoms. The monoisotopic (exact) mass is 277 g/mol. The Morgan fingerprint density at radius 1 is 1.44 bits per heavy atom. The molecule has 0 aromatic heterocycles. The Kier molecular flexibility index (Phi) is 6.08. The number of carbonyl (C=O) groups excluding carboxylic acids is 1. The van der Waals surface area contributed by atoms with Crippen LogP contribution < -0.4 is 5.32 Å². The van der Waals surface area contributed by atoms with Gasteiger partial charge in [0.1, 0.15) is 0 Å². The highest BCUT2D eigenvalue weighted by molar-refractivity contribution is 7.91. The van der Waals surface area contributed by atoms with E-state index in [-0.39, 0.29) is 29.4 Å². The van der Waals surface area contributed by atoms with Crippen molar-refractivity contribution in [2.24, 2.45) is 5.92 Å². The standard InChI is InChI=1S/C12H23NO4S/c1-10(2)17-7-6-13-12(14)4-3-11-5-8-18(15,16)9-11/h10-11H,3-9H2,1-2H3,(H,13,14). The minimum atomic E-state index is -2.83. The Balaban J connectivity index is 2.07.